The summed E-state index contributed by atoms with van der Waals surface area (Å²) < 4.78 is 3.00. The third-order valence-electron chi connectivity index (χ3n) is 3.02. The molecule has 0 amide bonds. The van der Waals surface area contributed by atoms with Crippen molar-refractivity contribution in [2.45, 2.75) is 32.7 Å². The lowest BCUT2D eigenvalue weighted by Gasteiger charge is -2.18. The van der Waals surface area contributed by atoms with Gasteiger partial charge in [-0.15, -0.1) is 0 Å². The van der Waals surface area contributed by atoms with Gasteiger partial charge in [-0.25, -0.2) is 0 Å². The van der Waals surface area contributed by atoms with Crippen LogP contribution in [-0.2, 0) is 19.0 Å². The van der Waals surface area contributed by atoms with Gasteiger partial charge in [-0.05, 0) is 40.8 Å². The van der Waals surface area contributed by atoms with Crippen LogP contribution in [0, 0.1) is 3.57 Å². The Morgan fingerprint density at radius 2 is 2.05 bits per heavy atom. The van der Waals surface area contributed by atoms with E-state index in [0.717, 1.165) is 26.5 Å². The third-order valence-corrected chi connectivity index (χ3v) is 4.00. The van der Waals surface area contributed by atoms with Crippen molar-refractivity contribution in [2.24, 2.45) is 7.05 Å². The molecule has 0 spiro atoms. The zero-order valence-corrected chi connectivity index (χ0v) is 15.1. The highest BCUT2D eigenvalue weighted by molar-refractivity contribution is 14.1. The molecule has 0 aliphatic carbocycles. The average Bonchev–Trinajstić information content (AvgIpc) is 2.69. The molecule has 0 saturated carbocycles. The molecule has 2 aromatic rings. The van der Waals surface area contributed by atoms with E-state index in [9.17, 15) is 0 Å². The maximum absolute atomic E-state index is 6.24. The van der Waals surface area contributed by atoms with Crippen LogP contribution in [0.4, 0.5) is 5.69 Å². The molecular weight excluding hydrogens is 385 g/mol. The number of aryl methyl sites for hydroxylation is 1. The lowest BCUT2D eigenvalue weighted by atomic mass is 9.89. The molecule has 0 bridgehead atoms. The fourth-order valence-electron chi connectivity index (χ4n) is 2.12. The summed E-state index contributed by atoms with van der Waals surface area (Å²) in [7, 11) is 1.95. The van der Waals surface area contributed by atoms with Gasteiger partial charge in [0, 0.05) is 34.3 Å². The molecule has 3 nitrogen and oxygen atoms in total. The van der Waals surface area contributed by atoms with Gasteiger partial charge < -0.3 is 5.32 Å². The van der Waals surface area contributed by atoms with E-state index < -0.39 is 0 Å². The predicted octanol–water partition coefficient (Wildman–Crippen LogP) is 4.59. The Kier molecular flexibility index (Phi) is 4.64. The number of nitrogens with zero attached hydrogens (tertiary/aromatic N) is 2. The maximum atomic E-state index is 6.24. The summed E-state index contributed by atoms with van der Waals surface area (Å²) in [5.41, 5.74) is 3.31. The SMILES string of the molecule is Cn1cc(CNc2ccc(I)cc2Cl)c(C(C)(C)C)n1. The van der Waals surface area contributed by atoms with Gasteiger partial charge in [-0.3, -0.25) is 4.68 Å². The summed E-state index contributed by atoms with van der Waals surface area (Å²) in [5.74, 6) is 0. The number of benzene rings is 1. The molecule has 20 heavy (non-hydrogen) atoms. The van der Waals surface area contributed by atoms with Crippen LogP contribution in [0.15, 0.2) is 24.4 Å². The highest BCUT2D eigenvalue weighted by Crippen LogP contribution is 2.27. The standard InChI is InChI=1S/C15H19ClIN3/c1-15(2,3)14-10(9-20(4)19-14)8-18-13-6-5-11(17)7-12(13)16/h5-7,9,18H,8H2,1-4H3. The Bertz CT molecular complexity index is 614. The average molecular weight is 404 g/mol. The minimum Gasteiger partial charge on any atom is -0.380 e. The molecule has 0 aliphatic rings. The zero-order valence-electron chi connectivity index (χ0n) is 12.2. The summed E-state index contributed by atoms with van der Waals surface area (Å²) in [4.78, 5) is 0. The van der Waals surface area contributed by atoms with Crippen molar-refractivity contribution < 1.29 is 0 Å². The van der Waals surface area contributed by atoms with Crippen molar-refractivity contribution in [3.63, 3.8) is 0 Å². The lowest BCUT2D eigenvalue weighted by Crippen LogP contribution is -2.16. The fourth-order valence-corrected chi connectivity index (χ4v) is 3.04. The predicted molar refractivity (Wildman–Crippen MR) is 93.4 cm³/mol. The van der Waals surface area contributed by atoms with Gasteiger partial charge in [0.25, 0.3) is 0 Å². The third kappa shape index (κ3) is 3.67. The largest absolute Gasteiger partial charge is 0.380 e. The van der Waals surface area contributed by atoms with Gasteiger partial charge in [0.2, 0.25) is 0 Å². The van der Waals surface area contributed by atoms with Crippen LogP contribution in [0.1, 0.15) is 32.0 Å². The molecule has 2 rings (SSSR count). The van der Waals surface area contributed by atoms with Crippen molar-refractivity contribution in [3.05, 3.63) is 44.2 Å². The Morgan fingerprint density at radius 3 is 2.65 bits per heavy atom. The van der Waals surface area contributed by atoms with Crippen LogP contribution < -0.4 is 5.32 Å². The quantitative estimate of drug-likeness (QED) is 0.760. The molecule has 1 aromatic heterocycles. The van der Waals surface area contributed by atoms with E-state index in [4.69, 9.17) is 11.6 Å². The first-order valence-electron chi connectivity index (χ1n) is 6.49. The molecule has 0 saturated heterocycles. The molecule has 0 aliphatic heterocycles. The van der Waals surface area contributed by atoms with Gasteiger partial charge in [0.15, 0.2) is 0 Å². The zero-order chi connectivity index (χ0) is 14.9. The second-order valence-corrected chi connectivity index (χ2v) is 7.56. The summed E-state index contributed by atoms with van der Waals surface area (Å²) >= 11 is 8.50. The molecule has 0 fully saturated rings. The van der Waals surface area contributed by atoms with Crippen LogP contribution in [0.3, 0.4) is 0 Å². The molecule has 1 heterocycles. The Labute approximate surface area is 138 Å². The first-order valence-corrected chi connectivity index (χ1v) is 7.95. The van der Waals surface area contributed by atoms with E-state index in [1.165, 1.54) is 5.56 Å². The normalized spacial score (nSPS) is 11.7. The minimum atomic E-state index is 0.0358. The van der Waals surface area contributed by atoms with Crippen LogP contribution in [0.2, 0.25) is 5.02 Å². The van der Waals surface area contributed by atoms with E-state index in [2.05, 4.69) is 60.0 Å². The monoisotopic (exact) mass is 403 g/mol. The smallest absolute Gasteiger partial charge is 0.0727 e. The molecule has 0 radical (unpaired) electrons. The minimum absolute atomic E-state index is 0.0358. The van der Waals surface area contributed by atoms with Gasteiger partial charge in [0.05, 0.1) is 16.4 Å². The molecule has 108 valence electrons. The molecular formula is C15H19ClIN3. The number of hydrogen-bond donors (Lipinski definition) is 1. The van der Waals surface area contributed by atoms with E-state index in [1.54, 1.807) is 0 Å². The molecule has 1 N–H and O–H groups in total. The highest BCUT2D eigenvalue weighted by Gasteiger charge is 2.21. The number of hydrogen-bond acceptors (Lipinski definition) is 2. The first-order chi connectivity index (χ1) is 9.27. The van der Waals surface area contributed by atoms with Crippen molar-refractivity contribution in [3.8, 4) is 0 Å². The van der Waals surface area contributed by atoms with Crippen LogP contribution in [0.25, 0.3) is 0 Å². The molecule has 1 aromatic carbocycles. The summed E-state index contributed by atoms with van der Waals surface area (Å²) in [6.07, 6.45) is 2.06. The number of nitrogens with one attached hydrogen (secondary N) is 1. The van der Waals surface area contributed by atoms with Gasteiger partial charge in [-0.1, -0.05) is 32.4 Å². The Hall–Kier alpha value is -0.750. The lowest BCUT2D eigenvalue weighted by molar-refractivity contribution is 0.549. The summed E-state index contributed by atoms with van der Waals surface area (Å²) in [5, 5.41) is 8.72. The van der Waals surface area contributed by atoms with Crippen molar-refractivity contribution in [1.29, 1.82) is 0 Å². The fraction of sp³-hybridized carbons (Fsp3) is 0.400. The van der Waals surface area contributed by atoms with Crippen molar-refractivity contribution >= 4 is 39.9 Å². The first kappa shape index (κ1) is 15.6. The Morgan fingerprint density at radius 1 is 1.35 bits per heavy atom. The molecule has 0 unspecified atom stereocenters. The topological polar surface area (TPSA) is 29.9 Å². The van der Waals surface area contributed by atoms with Crippen LogP contribution >= 0.6 is 34.2 Å². The maximum Gasteiger partial charge on any atom is 0.0727 e. The second kappa shape index (κ2) is 5.93. The van der Waals surface area contributed by atoms with Crippen molar-refractivity contribution in [2.75, 3.05) is 5.32 Å². The van der Waals surface area contributed by atoms with Crippen LogP contribution in [0.5, 0.6) is 0 Å². The number of halogens is 2. The number of rotatable bonds is 3. The van der Waals surface area contributed by atoms with E-state index >= 15 is 0 Å². The van der Waals surface area contributed by atoms with E-state index in [0.29, 0.717) is 0 Å². The van der Waals surface area contributed by atoms with Gasteiger partial charge in [0.1, 0.15) is 0 Å². The van der Waals surface area contributed by atoms with Crippen LogP contribution in [-0.4, -0.2) is 9.78 Å². The van der Waals surface area contributed by atoms with E-state index in [-0.39, 0.29) is 5.41 Å². The van der Waals surface area contributed by atoms with E-state index in [1.807, 2.05) is 29.9 Å². The Balaban J connectivity index is 2.19. The molecule has 5 heteroatoms. The molecule has 0 atom stereocenters. The highest BCUT2D eigenvalue weighted by atomic mass is 127. The summed E-state index contributed by atoms with van der Waals surface area (Å²) in [6.45, 7) is 7.25. The number of aromatic nitrogens is 2. The summed E-state index contributed by atoms with van der Waals surface area (Å²) in [6, 6.07) is 6.01. The number of anilines is 1. The van der Waals surface area contributed by atoms with Crippen molar-refractivity contribution in [1.82, 2.24) is 9.78 Å². The van der Waals surface area contributed by atoms with Gasteiger partial charge in [-0.2, -0.15) is 5.10 Å². The van der Waals surface area contributed by atoms with Gasteiger partial charge >= 0.3 is 0 Å². The second-order valence-electron chi connectivity index (χ2n) is 5.90.